The van der Waals surface area contributed by atoms with E-state index in [1.54, 1.807) is 32.9 Å². The van der Waals surface area contributed by atoms with Crippen molar-refractivity contribution in [3.8, 4) is 0 Å². The van der Waals surface area contributed by atoms with E-state index in [0.29, 0.717) is 19.7 Å². The third kappa shape index (κ3) is 6.56. The highest BCUT2D eigenvalue weighted by Crippen LogP contribution is 2.03. The van der Waals surface area contributed by atoms with E-state index in [4.69, 9.17) is 9.84 Å². The van der Waals surface area contributed by atoms with Crippen molar-refractivity contribution >= 4 is 11.9 Å². The smallest absolute Gasteiger partial charge is 0.307 e. The molecule has 1 amide bonds. The lowest BCUT2D eigenvalue weighted by molar-refractivity contribution is -0.142. The first-order valence-electron chi connectivity index (χ1n) is 6.09. The average Bonchev–Trinajstić information content (AvgIpc) is 2.33. The zero-order valence-corrected chi connectivity index (χ0v) is 11.6. The molecule has 6 heteroatoms. The number of hydrogen-bond donors (Lipinski definition) is 2. The van der Waals surface area contributed by atoms with Crippen molar-refractivity contribution in [1.82, 2.24) is 10.2 Å². The summed E-state index contributed by atoms with van der Waals surface area (Å²) in [7, 11) is 3.37. The fourth-order valence-corrected chi connectivity index (χ4v) is 1.44. The maximum atomic E-state index is 11.8. The van der Waals surface area contributed by atoms with E-state index in [0.717, 1.165) is 6.42 Å². The number of likely N-dealkylation sites (N-methyl/N-ethyl adjacent to an activating group) is 1. The highest BCUT2D eigenvalue weighted by molar-refractivity contribution is 5.81. The molecule has 2 atom stereocenters. The Hall–Kier alpha value is -1.14. The summed E-state index contributed by atoms with van der Waals surface area (Å²) in [6.45, 7) is 4.92. The number of nitrogens with zero attached hydrogens (tertiary/aromatic N) is 1. The van der Waals surface area contributed by atoms with Crippen LogP contribution in [0.3, 0.4) is 0 Å². The second-order valence-electron chi connectivity index (χ2n) is 4.49. The fourth-order valence-electron chi connectivity index (χ4n) is 1.44. The summed E-state index contributed by atoms with van der Waals surface area (Å²) in [5.74, 6) is -1.43. The molecule has 6 nitrogen and oxygen atoms in total. The zero-order valence-electron chi connectivity index (χ0n) is 11.6. The van der Waals surface area contributed by atoms with Gasteiger partial charge in [0.2, 0.25) is 5.91 Å². The Morgan fingerprint density at radius 2 is 2.00 bits per heavy atom. The van der Waals surface area contributed by atoms with E-state index in [1.165, 1.54) is 0 Å². The highest BCUT2D eigenvalue weighted by Gasteiger charge is 2.21. The molecular formula is C12H24N2O4. The van der Waals surface area contributed by atoms with Crippen LogP contribution < -0.4 is 5.32 Å². The van der Waals surface area contributed by atoms with Crippen molar-refractivity contribution in [2.75, 3.05) is 33.9 Å². The molecule has 0 spiro atoms. The van der Waals surface area contributed by atoms with Crippen LogP contribution in [0, 0.1) is 5.92 Å². The molecule has 106 valence electrons. The molecule has 0 fully saturated rings. The summed E-state index contributed by atoms with van der Waals surface area (Å²) < 4.78 is 4.88. The van der Waals surface area contributed by atoms with Gasteiger partial charge in [0.25, 0.3) is 0 Å². The Balaban J connectivity index is 4.00. The second kappa shape index (κ2) is 8.88. The van der Waals surface area contributed by atoms with Crippen LogP contribution in [0.4, 0.5) is 0 Å². The monoisotopic (exact) mass is 260 g/mol. The number of carboxylic acids is 1. The molecule has 2 unspecified atom stereocenters. The van der Waals surface area contributed by atoms with E-state index in [-0.39, 0.29) is 11.9 Å². The molecule has 0 saturated heterocycles. The number of carboxylic acid groups (broad SMARTS) is 1. The van der Waals surface area contributed by atoms with E-state index >= 15 is 0 Å². The topological polar surface area (TPSA) is 78.9 Å². The van der Waals surface area contributed by atoms with Crippen LogP contribution >= 0.6 is 0 Å². The van der Waals surface area contributed by atoms with Crippen LogP contribution in [-0.4, -0.2) is 61.8 Å². The number of ether oxygens (including phenoxy) is 1. The molecule has 0 heterocycles. The minimum absolute atomic E-state index is 0.0915. The molecule has 0 radical (unpaired) electrons. The number of aliphatic carboxylic acids is 1. The minimum atomic E-state index is -0.852. The molecule has 0 aliphatic heterocycles. The number of amides is 1. The molecule has 0 bridgehead atoms. The van der Waals surface area contributed by atoms with Gasteiger partial charge in [0.1, 0.15) is 0 Å². The van der Waals surface area contributed by atoms with Gasteiger partial charge in [-0.2, -0.15) is 0 Å². The van der Waals surface area contributed by atoms with Crippen LogP contribution in [0.15, 0.2) is 0 Å². The maximum Gasteiger partial charge on any atom is 0.307 e. The first-order valence-corrected chi connectivity index (χ1v) is 6.09. The Morgan fingerprint density at radius 1 is 1.39 bits per heavy atom. The van der Waals surface area contributed by atoms with Gasteiger partial charge in [-0.25, -0.2) is 0 Å². The van der Waals surface area contributed by atoms with E-state index in [1.807, 2.05) is 0 Å². The van der Waals surface area contributed by atoms with Gasteiger partial charge in [0.15, 0.2) is 0 Å². The van der Waals surface area contributed by atoms with Crippen LogP contribution in [0.25, 0.3) is 0 Å². The summed E-state index contributed by atoms with van der Waals surface area (Å²) in [5.41, 5.74) is 0. The van der Waals surface area contributed by atoms with Crippen LogP contribution in [0.2, 0.25) is 0 Å². The number of carbonyl (C=O) groups is 2. The van der Waals surface area contributed by atoms with Crippen LogP contribution in [0.5, 0.6) is 0 Å². The molecule has 18 heavy (non-hydrogen) atoms. The number of hydrogen-bond acceptors (Lipinski definition) is 4. The van der Waals surface area contributed by atoms with Gasteiger partial charge in [0, 0.05) is 26.8 Å². The van der Waals surface area contributed by atoms with Crippen molar-refractivity contribution in [3.63, 3.8) is 0 Å². The Morgan fingerprint density at radius 3 is 2.50 bits per heavy atom. The SMILES string of the molecule is COCCCNC(=O)C(C)N(C)CC(C)C(=O)O. The Labute approximate surface area is 108 Å². The predicted molar refractivity (Wildman–Crippen MR) is 68.4 cm³/mol. The van der Waals surface area contributed by atoms with Gasteiger partial charge in [-0.05, 0) is 20.4 Å². The van der Waals surface area contributed by atoms with Crippen LogP contribution in [0.1, 0.15) is 20.3 Å². The predicted octanol–water partition coefficient (Wildman–Crippen LogP) is 0.180. The second-order valence-corrected chi connectivity index (χ2v) is 4.49. The molecule has 0 aliphatic carbocycles. The number of carbonyl (C=O) groups excluding carboxylic acids is 1. The molecule has 0 aromatic rings. The maximum absolute atomic E-state index is 11.8. The Bertz CT molecular complexity index is 271. The number of methoxy groups -OCH3 is 1. The van der Waals surface area contributed by atoms with Gasteiger partial charge in [0.05, 0.1) is 12.0 Å². The Kier molecular flexibility index (Phi) is 8.32. The van der Waals surface area contributed by atoms with Gasteiger partial charge in [-0.3, -0.25) is 14.5 Å². The largest absolute Gasteiger partial charge is 0.481 e. The van der Waals surface area contributed by atoms with Gasteiger partial charge in [-0.1, -0.05) is 6.92 Å². The van der Waals surface area contributed by atoms with E-state index < -0.39 is 11.9 Å². The molecule has 0 aromatic carbocycles. The van der Waals surface area contributed by atoms with E-state index in [2.05, 4.69) is 5.32 Å². The third-order valence-corrected chi connectivity index (χ3v) is 2.85. The summed E-state index contributed by atoms with van der Waals surface area (Å²) in [4.78, 5) is 24.2. The normalized spacial score (nSPS) is 14.3. The highest BCUT2D eigenvalue weighted by atomic mass is 16.5. The first kappa shape index (κ1) is 16.9. The summed E-state index contributed by atoms with van der Waals surface area (Å²) in [6.07, 6.45) is 0.768. The van der Waals surface area contributed by atoms with Gasteiger partial charge in [-0.15, -0.1) is 0 Å². The molecule has 0 saturated carbocycles. The van der Waals surface area contributed by atoms with Crippen LogP contribution in [-0.2, 0) is 14.3 Å². The quantitative estimate of drug-likeness (QED) is 0.578. The fraction of sp³-hybridized carbons (Fsp3) is 0.833. The van der Waals surface area contributed by atoms with Gasteiger partial charge < -0.3 is 15.2 Å². The molecule has 0 aliphatic rings. The summed E-state index contributed by atoms with van der Waals surface area (Å²) in [5, 5.41) is 11.6. The standard InChI is InChI=1S/C12H24N2O4/c1-9(12(16)17)8-14(3)10(2)11(15)13-6-5-7-18-4/h9-10H,5-8H2,1-4H3,(H,13,15)(H,16,17). The van der Waals surface area contributed by atoms with E-state index in [9.17, 15) is 9.59 Å². The van der Waals surface area contributed by atoms with Crippen molar-refractivity contribution in [3.05, 3.63) is 0 Å². The minimum Gasteiger partial charge on any atom is -0.481 e. The average molecular weight is 260 g/mol. The molecule has 0 aromatic heterocycles. The molecule has 0 rings (SSSR count). The lowest BCUT2D eigenvalue weighted by Gasteiger charge is -2.25. The van der Waals surface area contributed by atoms with Crippen molar-refractivity contribution < 1.29 is 19.4 Å². The lowest BCUT2D eigenvalue weighted by atomic mass is 10.1. The summed E-state index contributed by atoms with van der Waals surface area (Å²) in [6, 6.07) is -0.339. The molecular weight excluding hydrogens is 236 g/mol. The number of rotatable bonds is 9. The summed E-state index contributed by atoms with van der Waals surface area (Å²) >= 11 is 0. The first-order chi connectivity index (χ1) is 8.40. The van der Waals surface area contributed by atoms with Gasteiger partial charge >= 0.3 is 5.97 Å². The van der Waals surface area contributed by atoms with Crippen molar-refractivity contribution in [2.45, 2.75) is 26.3 Å². The molecule has 2 N–H and O–H groups in total. The van der Waals surface area contributed by atoms with Crippen molar-refractivity contribution in [1.29, 1.82) is 0 Å². The third-order valence-electron chi connectivity index (χ3n) is 2.85. The zero-order chi connectivity index (χ0) is 14.1. The number of nitrogens with one attached hydrogen (secondary N) is 1. The van der Waals surface area contributed by atoms with Crippen molar-refractivity contribution in [2.24, 2.45) is 5.92 Å². The lowest BCUT2D eigenvalue weighted by Crippen LogP contribution is -2.45.